The number of carbonyl (C=O) groups is 2. The van der Waals surface area contributed by atoms with Gasteiger partial charge in [0.2, 0.25) is 5.91 Å². The Morgan fingerprint density at radius 1 is 0.468 bits per heavy atom. The third kappa shape index (κ3) is 44.9. The van der Waals surface area contributed by atoms with Crippen LogP contribution < -0.4 is 5.32 Å². The minimum Gasteiger partial charge on any atom is -0.462 e. The Hall–Kier alpha value is -1.66. The lowest BCUT2D eigenvalue weighted by atomic mass is 10.0. The molecule has 3 atom stereocenters. The molecule has 0 bridgehead atoms. The third-order valence-electron chi connectivity index (χ3n) is 12.8. The first-order valence-corrected chi connectivity index (χ1v) is 27.6. The van der Waals surface area contributed by atoms with Crippen molar-refractivity contribution in [1.29, 1.82) is 0 Å². The Bertz CT molecular complexity index is 981. The van der Waals surface area contributed by atoms with Crippen LogP contribution in [0.5, 0.6) is 0 Å². The van der Waals surface area contributed by atoms with E-state index in [-0.39, 0.29) is 24.9 Å². The number of nitrogens with one attached hydrogen (secondary N) is 1. The van der Waals surface area contributed by atoms with Gasteiger partial charge in [-0.2, -0.15) is 0 Å². The molecule has 0 aliphatic carbocycles. The third-order valence-corrected chi connectivity index (χ3v) is 12.8. The van der Waals surface area contributed by atoms with Crippen molar-refractivity contribution in [2.75, 3.05) is 6.61 Å². The molecule has 0 spiro atoms. The van der Waals surface area contributed by atoms with Crippen LogP contribution in [0, 0.1) is 0 Å². The highest BCUT2D eigenvalue weighted by Crippen LogP contribution is 2.18. The Kier molecular flexibility index (Phi) is 49.0. The number of hydrogen-bond donors (Lipinski definition) is 3. The Morgan fingerprint density at radius 3 is 1.21 bits per heavy atom. The molecule has 0 heterocycles. The fraction of sp³-hybridized carbons (Fsp3) is 0.893. The van der Waals surface area contributed by atoms with E-state index in [0.29, 0.717) is 19.3 Å². The number of allylic oxidation sites excluding steroid dienone is 4. The molecule has 0 aromatic carbocycles. The second-order valence-corrected chi connectivity index (χ2v) is 19.0. The van der Waals surface area contributed by atoms with Gasteiger partial charge in [0.1, 0.15) is 6.10 Å². The molecule has 0 aliphatic rings. The van der Waals surface area contributed by atoms with E-state index in [4.69, 9.17) is 4.74 Å². The van der Waals surface area contributed by atoms with Crippen LogP contribution >= 0.6 is 0 Å². The second kappa shape index (κ2) is 50.3. The number of ether oxygens (including phenoxy) is 1. The normalized spacial score (nSPS) is 13.3. The molecule has 0 aromatic heterocycles. The van der Waals surface area contributed by atoms with Crippen molar-refractivity contribution in [3.05, 3.63) is 24.3 Å². The first-order chi connectivity index (χ1) is 30.5. The minimum atomic E-state index is -0.790. The summed E-state index contributed by atoms with van der Waals surface area (Å²) in [5.74, 6) is -0.483. The molecule has 0 radical (unpaired) electrons. The molecule has 62 heavy (non-hydrogen) atoms. The van der Waals surface area contributed by atoms with E-state index in [1.807, 2.05) is 0 Å². The van der Waals surface area contributed by atoms with Gasteiger partial charge in [-0.3, -0.25) is 9.59 Å². The first-order valence-electron chi connectivity index (χ1n) is 27.6. The number of hydrogen-bond acceptors (Lipinski definition) is 5. The average molecular weight is 874 g/mol. The van der Waals surface area contributed by atoms with Crippen molar-refractivity contribution in [3.63, 3.8) is 0 Å². The maximum absolute atomic E-state index is 13.2. The highest BCUT2D eigenvalue weighted by molar-refractivity contribution is 5.77. The van der Waals surface area contributed by atoms with Gasteiger partial charge in [0.15, 0.2) is 0 Å². The number of aliphatic hydroxyl groups is 2. The summed E-state index contributed by atoms with van der Waals surface area (Å²) in [6.07, 6.45) is 58.1. The van der Waals surface area contributed by atoms with Gasteiger partial charge in [0.05, 0.1) is 25.2 Å². The fourth-order valence-corrected chi connectivity index (χ4v) is 8.60. The summed E-state index contributed by atoms with van der Waals surface area (Å²) in [5.41, 5.74) is 0. The second-order valence-electron chi connectivity index (χ2n) is 19.0. The minimum absolute atomic E-state index is 0.0653. The lowest BCUT2D eigenvalue weighted by Crippen LogP contribution is -2.46. The van der Waals surface area contributed by atoms with Crippen molar-refractivity contribution >= 4 is 11.9 Å². The molecule has 0 aromatic rings. The van der Waals surface area contributed by atoms with Crippen LogP contribution in [-0.2, 0) is 14.3 Å². The van der Waals surface area contributed by atoms with Gasteiger partial charge in [-0.1, -0.05) is 257 Å². The standard InChI is InChI=1S/C56H107NO5/c1-4-7-10-13-16-19-22-25-27-29-30-32-35-38-41-44-47-52(62-56(61)49-46-43-40-37-34-31-28-26-23-20-17-14-11-8-5-2)50-55(60)57-53(51-58)54(59)48-45-42-39-36-33-24-21-18-15-12-9-6-3/h27,29-30,32,52-54,58-59H,4-26,28,31,33-51H2,1-3H3,(H,57,60)/b29-27+,32-30+. The number of carbonyl (C=O) groups excluding carboxylic acids is 2. The fourth-order valence-electron chi connectivity index (χ4n) is 8.60. The topological polar surface area (TPSA) is 95.9 Å². The van der Waals surface area contributed by atoms with Crippen LogP contribution in [0.25, 0.3) is 0 Å². The van der Waals surface area contributed by atoms with Gasteiger partial charge in [0.25, 0.3) is 0 Å². The maximum atomic E-state index is 13.2. The SMILES string of the molecule is CCCCCCCCC/C=C/C=C/CCCCCC(CC(=O)NC(CO)C(O)CCCCCCCCCCCCCC)OC(=O)CCCCCCCCCCCCCCCCC. The summed E-state index contributed by atoms with van der Waals surface area (Å²) in [4.78, 5) is 26.2. The van der Waals surface area contributed by atoms with Crippen LogP contribution in [-0.4, -0.2) is 46.9 Å². The quantitative estimate of drug-likeness (QED) is 0.0321. The van der Waals surface area contributed by atoms with Crippen LogP contribution in [0.3, 0.4) is 0 Å². The molecule has 0 saturated carbocycles. The van der Waals surface area contributed by atoms with E-state index in [0.717, 1.165) is 70.6 Å². The Balaban J connectivity index is 4.59. The molecule has 3 N–H and O–H groups in total. The van der Waals surface area contributed by atoms with Gasteiger partial charge >= 0.3 is 5.97 Å². The summed E-state index contributed by atoms with van der Waals surface area (Å²) in [5, 5.41) is 23.8. The lowest BCUT2D eigenvalue weighted by Gasteiger charge is -2.24. The van der Waals surface area contributed by atoms with Gasteiger partial charge in [-0.05, 0) is 51.4 Å². The van der Waals surface area contributed by atoms with Gasteiger partial charge in [-0.25, -0.2) is 0 Å². The number of rotatable bonds is 50. The van der Waals surface area contributed by atoms with Crippen LogP contribution in [0.15, 0.2) is 24.3 Å². The number of unbranched alkanes of at least 4 members (excludes halogenated alkanes) is 35. The number of esters is 1. The van der Waals surface area contributed by atoms with E-state index in [1.54, 1.807) is 0 Å². The molecule has 0 rings (SSSR count). The molecular formula is C56H107NO5. The summed E-state index contributed by atoms with van der Waals surface area (Å²) < 4.78 is 5.94. The number of amides is 1. The van der Waals surface area contributed by atoms with E-state index >= 15 is 0 Å². The predicted molar refractivity (Wildman–Crippen MR) is 269 cm³/mol. The molecule has 0 fully saturated rings. The molecule has 6 heteroatoms. The molecule has 0 aliphatic heterocycles. The smallest absolute Gasteiger partial charge is 0.306 e. The van der Waals surface area contributed by atoms with E-state index in [9.17, 15) is 19.8 Å². The zero-order valence-corrected chi connectivity index (χ0v) is 41.8. The summed E-state index contributed by atoms with van der Waals surface area (Å²) in [7, 11) is 0. The summed E-state index contributed by atoms with van der Waals surface area (Å²) in [6, 6.07) is -0.705. The summed E-state index contributed by atoms with van der Waals surface area (Å²) in [6.45, 7) is 6.50. The molecule has 3 unspecified atom stereocenters. The van der Waals surface area contributed by atoms with Crippen molar-refractivity contribution in [1.82, 2.24) is 5.32 Å². The van der Waals surface area contributed by atoms with Gasteiger partial charge < -0.3 is 20.3 Å². The largest absolute Gasteiger partial charge is 0.462 e. The van der Waals surface area contributed by atoms with Gasteiger partial charge in [0, 0.05) is 6.42 Å². The zero-order chi connectivity index (χ0) is 45.2. The predicted octanol–water partition coefficient (Wildman–Crippen LogP) is 16.7. The average Bonchev–Trinajstić information content (AvgIpc) is 3.26. The van der Waals surface area contributed by atoms with Crippen LogP contribution in [0.2, 0.25) is 0 Å². The molecule has 6 nitrogen and oxygen atoms in total. The van der Waals surface area contributed by atoms with E-state index < -0.39 is 18.2 Å². The Morgan fingerprint density at radius 2 is 0.806 bits per heavy atom. The molecule has 1 amide bonds. The summed E-state index contributed by atoms with van der Waals surface area (Å²) >= 11 is 0. The maximum Gasteiger partial charge on any atom is 0.306 e. The Labute approximate surface area is 386 Å². The molecule has 366 valence electrons. The molecular weight excluding hydrogens is 767 g/mol. The van der Waals surface area contributed by atoms with Crippen molar-refractivity contribution in [3.8, 4) is 0 Å². The van der Waals surface area contributed by atoms with Crippen molar-refractivity contribution in [2.24, 2.45) is 0 Å². The monoisotopic (exact) mass is 874 g/mol. The number of aliphatic hydroxyl groups excluding tert-OH is 2. The lowest BCUT2D eigenvalue weighted by molar-refractivity contribution is -0.151. The zero-order valence-electron chi connectivity index (χ0n) is 41.8. The van der Waals surface area contributed by atoms with E-state index in [2.05, 4.69) is 50.4 Å². The van der Waals surface area contributed by atoms with Gasteiger partial charge in [-0.15, -0.1) is 0 Å². The van der Waals surface area contributed by atoms with Crippen LogP contribution in [0.4, 0.5) is 0 Å². The highest BCUT2D eigenvalue weighted by atomic mass is 16.5. The highest BCUT2D eigenvalue weighted by Gasteiger charge is 2.24. The van der Waals surface area contributed by atoms with E-state index in [1.165, 1.54) is 180 Å². The molecule has 0 saturated heterocycles. The van der Waals surface area contributed by atoms with Crippen molar-refractivity contribution in [2.45, 2.75) is 315 Å². The van der Waals surface area contributed by atoms with Crippen LogP contribution in [0.1, 0.15) is 297 Å². The first kappa shape index (κ1) is 60.3. The van der Waals surface area contributed by atoms with Crippen molar-refractivity contribution < 1.29 is 24.5 Å².